The first-order chi connectivity index (χ1) is 14.6. The van der Waals surface area contributed by atoms with Crippen LogP contribution in [0.1, 0.15) is 35.8 Å². The molecule has 1 aromatic carbocycles. The lowest BCUT2D eigenvalue weighted by Gasteiger charge is -2.37. The van der Waals surface area contributed by atoms with Gasteiger partial charge < -0.3 is 20.9 Å². The number of anilines is 3. The van der Waals surface area contributed by atoms with E-state index in [1.165, 1.54) is 0 Å². The Morgan fingerprint density at radius 3 is 2.45 bits per heavy atom. The normalized spacial score (nSPS) is 22.3. The Bertz CT molecular complexity index is 1050. The smallest absolute Gasteiger partial charge is 0.251 e. The van der Waals surface area contributed by atoms with Gasteiger partial charge in [0.15, 0.2) is 23.3 Å². The molecule has 0 spiro atoms. The Balaban J connectivity index is 1.37. The lowest BCUT2D eigenvalue weighted by molar-refractivity contribution is -0.117. The van der Waals surface area contributed by atoms with Crippen molar-refractivity contribution >= 4 is 29.3 Å². The van der Waals surface area contributed by atoms with Gasteiger partial charge in [-0.25, -0.2) is 18.2 Å². The predicted molar refractivity (Wildman–Crippen MR) is 107 cm³/mol. The number of carbonyl (C=O) groups excluding carboxylic acids is 2. The standard InChI is InChI=1S/C20H21F3N6O2/c1-8-16-17(29(3)9(2)18(30)27-16)28-20(24-8)26-12-6-11(7-12)25-19(31)10-4-13(21)15(23)14(22)5-10/h4-5,9,11-12H,6-7H2,1-3H3,(H,25,31)(H,27,30)(H,24,26,28)/t9-,11?,12?/m0/s1. The molecular formula is C20H21F3N6O2. The number of rotatable bonds is 4. The number of hydrogen-bond donors (Lipinski definition) is 3. The van der Waals surface area contributed by atoms with Gasteiger partial charge in [0.25, 0.3) is 5.91 Å². The second kappa shape index (κ2) is 7.71. The average Bonchev–Trinajstić information content (AvgIpc) is 2.69. The number of aromatic nitrogens is 2. The number of benzene rings is 1. The van der Waals surface area contributed by atoms with Crippen molar-refractivity contribution in [3.05, 3.63) is 40.8 Å². The van der Waals surface area contributed by atoms with Gasteiger partial charge in [0.1, 0.15) is 11.7 Å². The third kappa shape index (κ3) is 3.87. The van der Waals surface area contributed by atoms with Gasteiger partial charge in [-0.3, -0.25) is 9.59 Å². The predicted octanol–water partition coefficient (Wildman–Crippen LogP) is 2.35. The fourth-order valence-corrected chi connectivity index (χ4v) is 3.60. The third-order valence-electron chi connectivity index (χ3n) is 5.67. The maximum atomic E-state index is 13.3. The minimum absolute atomic E-state index is 0.00893. The van der Waals surface area contributed by atoms with E-state index >= 15 is 0 Å². The van der Waals surface area contributed by atoms with Crippen molar-refractivity contribution in [2.75, 3.05) is 22.6 Å². The van der Waals surface area contributed by atoms with E-state index < -0.39 is 23.4 Å². The van der Waals surface area contributed by atoms with E-state index in [1.807, 2.05) is 0 Å². The van der Waals surface area contributed by atoms with Gasteiger partial charge in [0, 0.05) is 24.7 Å². The van der Waals surface area contributed by atoms with Crippen LogP contribution in [0.4, 0.5) is 30.6 Å². The Morgan fingerprint density at radius 2 is 1.81 bits per heavy atom. The lowest BCUT2D eigenvalue weighted by Crippen LogP contribution is -2.50. The minimum Gasteiger partial charge on any atom is -0.351 e. The number of aryl methyl sites for hydroxylation is 1. The summed E-state index contributed by atoms with van der Waals surface area (Å²) in [6.07, 6.45) is 1.11. The molecule has 164 valence electrons. The van der Waals surface area contributed by atoms with E-state index in [-0.39, 0.29) is 29.6 Å². The molecule has 2 heterocycles. The topological polar surface area (TPSA) is 99.2 Å². The van der Waals surface area contributed by atoms with Gasteiger partial charge in [-0.15, -0.1) is 0 Å². The van der Waals surface area contributed by atoms with Crippen LogP contribution in [0.25, 0.3) is 0 Å². The largest absolute Gasteiger partial charge is 0.351 e. The Kier molecular flexibility index (Phi) is 5.19. The lowest BCUT2D eigenvalue weighted by atomic mass is 9.86. The van der Waals surface area contributed by atoms with Crippen molar-refractivity contribution in [1.82, 2.24) is 15.3 Å². The fraction of sp³-hybridized carbons (Fsp3) is 0.400. The maximum Gasteiger partial charge on any atom is 0.251 e. The number of nitrogens with one attached hydrogen (secondary N) is 3. The summed E-state index contributed by atoms with van der Waals surface area (Å²) in [5.41, 5.74) is 0.929. The van der Waals surface area contributed by atoms with Crippen LogP contribution in [0.15, 0.2) is 12.1 Å². The molecule has 1 aliphatic heterocycles. The molecule has 8 nitrogen and oxygen atoms in total. The second-order valence-corrected chi connectivity index (χ2v) is 7.84. The Morgan fingerprint density at radius 1 is 1.16 bits per heavy atom. The summed E-state index contributed by atoms with van der Waals surface area (Å²) in [4.78, 5) is 34.9. The van der Waals surface area contributed by atoms with Crippen molar-refractivity contribution in [2.45, 2.75) is 44.8 Å². The van der Waals surface area contributed by atoms with Gasteiger partial charge >= 0.3 is 0 Å². The van der Waals surface area contributed by atoms with Gasteiger partial charge in [0.05, 0.1) is 5.69 Å². The first kappa shape index (κ1) is 20.9. The zero-order valence-corrected chi connectivity index (χ0v) is 17.1. The summed E-state index contributed by atoms with van der Waals surface area (Å²) in [5, 5.41) is 8.69. The number of nitrogens with zero attached hydrogens (tertiary/aromatic N) is 3. The van der Waals surface area contributed by atoms with Gasteiger partial charge in [-0.2, -0.15) is 4.98 Å². The van der Waals surface area contributed by atoms with Crippen LogP contribution < -0.4 is 20.9 Å². The summed E-state index contributed by atoms with van der Waals surface area (Å²) in [7, 11) is 1.79. The minimum atomic E-state index is -1.61. The van der Waals surface area contributed by atoms with E-state index in [0.29, 0.717) is 48.1 Å². The summed E-state index contributed by atoms with van der Waals surface area (Å²) in [5.74, 6) is -4.20. The Hall–Kier alpha value is -3.37. The number of hydrogen-bond acceptors (Lipinski definition) is 6. The molecule has 4 rings (SSSR count). The molecule has 0 bridgehead atoms. The van der Waals surface area contributed by atoms with Crippen LogP contribution in [0, 0.1) is 24.4 Å². The van der Waals surface area contributed by atoms with E-state index in [0.717, 1.165) is 0 Å². The van der Waals surface area contributed by atoms with E-state index in [4.69, 9.17) is 0 Å². The number of fused-ring (bicyclic) bond motifs is 1. The van der Waals surface area contributed by atoms with E-state index in [9.17, 15) is 22.8 Å². The maximum absolute atomic E-state index is 13.3. The molecule has 2 amide bonds. The molecule has 0 unspecified atom stereocenters. The molecule has 1 aliphatic carbocycles. The SMILES string of the molecule is Cc1nc(NC2CC(NC(=O)c3cc(F)c(F)c(F)c3)C2)nc2c1NC(=O)[C@H](C)N2C. The summed E-state index contributed by atoms with van der Waals surface area (Å²) in [6, 6.07) is 0.760. The van der Waals surface area contributed by atoms with Crippen LogP contribution >= 0.6 is 0 Å². The van der Waals surface area contributed by atoms with Crippen molar-refractivity contribution in [3.63, 3.8) is 0 Å². The molecule has 2 aromatic rings. The van der Waals surface area contributed by atoms with Gasteiger partial charge in [-0.1, -0.05) is 0 Å². The second-order valence-electron chi connectivity index (χ2n) is 7.84. The van der Waals surface area contributed by atoms with E-state index in [1.54, 1.807) is 25.8 Å². The van der Waals surface area contributed by atoms with Crippen LogP contribution in [0.3, 0.4) is 0 Å². The molecule has 0 radical (unpaired) electrons. The van der Waals surface area contributed by atoms with Crippen LogP contribution in [0.2, 0.25) is 0 Å². The first-order valence-corrected chi connectivity index (χ1v) is 9.78. The van der Waals surface area contributed by atoms with Crippen molar-refractivity contribution in [2.24, 2.45) is 0 Å². The molecule has 1 aromatic heterocycles. The Labute approximate surface area is 176 Å². The molecule has 11 heteroatoms. The molecule has 3 N–H and O–H groups in total. The van der Waals surface area contributed by atoms with Crippen molar-refractivity contribution in [3.8, 4) is 0 Å². The quantitative estimate of drug-likeness (QED) is 0.639. The number of carbonyl (C=O) groups is 2. The molecule has 1 saturated carbocycles. The highest BCUT2D eigenvalue weighted by Gasteiger charge is 2.33. The zero-order valence-electron chi connectivity index (χ0n) is 17.1. The van der Waals surface area contributed by atoms with Crippen molar-refractivity contribution < 1.29 is 22.8 Å². The molecule has 31 heavy (non-hydrogen) atoms. The number of likely N-dealkylation sites (N-methyl/N-ethyl adjacent to an activating group) is 1. The highest BCUT2D eigenvalue weighted by atomic mass is 19.2. The highest BCUT2D eigenvalue weighted by Crippen LogP contribution is 2.33. The molecule has 2 aliphatic rings. The number of amides is 2. The van der Waals surface area contributed by atoms with E-state index in [2.05, 4.69) is 25.9 Å². The molecule has 1 fully saturated rings. The number of halogens is 3. The van der Waals surface area contributed by atoms with Crippen LogP contribution in [0.5, 0.6) is 0 Å². The summed E-state index contributed by atoms with van der Waals surface area (Å²) in [6.45, 7) is 3.56. The van der Waals surface area contributed by atoms with Crippen LogP contribution in [-0.2, 0) is 4.79 Å². The van der Waals surface area contributed by atoms with Crippen molar-refractivity contribution in [1.29, 1.82) is 0 Å². The molecule has 1 atom stereocenters. The fourth-order valence-electron chi connectivity index (χ4n) is 3.60. The zero-order chi connectivity index (χ0) is 22.4. The molecular weight excluding hydrogens is 413 g/mol. The summed E-state index contributed by atoms with van der Waals surface area (Å²) >= 11 is 0. The van der Waals surface area contributed by atoms with Gasteiger partial charge in [-0.05, 0) is 38.8 Å². The first-order valence-electron chi connectivity index (χ1n) is 9.78. The average molecular weight is 434 g/mol. The van der Waals surface area contributed by atoms with Gasteiger partial charge in [0.2, 0.25) is 11.9 Å². The van der Waals surface area contributed by atoms with Crippen LogP contribution in [-0.4, -0.2) is 47.0 Å². The third-order valence-corrected chi connectivity index (χ3v) is 5.67. The molecule has 0 saturated heterocycles. The highest BCUT2D eigenvalue weighted by molar-refractivity contribution is 6.03. The monoisotopic (exact) mass is 434 g/mol. The summed E-state index contributed by atoms with van der Waals surface area (Å²) < 4.78 is 39.7.